The van der Waals surface area contributed by atoms with Gasteiger partial charge in [-0.15, -0.1) is 0 Å². The summed E-state index contributed by atoms with van der Waals surface area (Å²) in [4.78, 5) is 5.14. The Morgan fingerprint density at radius 1 is 0.339 bits per heavy atom. The van der Waals surface area contributed by atoms with Crippen LogP contribution in [0, 0.1) is 0 Å². The average molecular weight is 810 g/mol. The number of anilines is 6. The number of hydrogen-bond donors (Lipinski definition) is 0. The lowest BCUT2D eigenvalue weighted by molar-refractivity contribution is 0.590. The van der Waals surface area contributed by atoms with Crippen molar-refractivity contribution in [1.29, 1.82) is 0 Å². The van der Waals surface area contributed by atoms with Crippen molar-refractivity contribution in [2.45, 2.75) is 105 Å². The Morgan fingerprint density at radius 2 is 0.694 bits per heavy atom. The van der Waals surface area contributed by atoms with Crippen LogP contribution in [0.2, 0.25) is 0 Å². The number of benzene rings is 7. The second-order valence-electron chi connectivity index (χ2n) is 22.0. The van der Waals surface area contributed by atoms with Crippen LogP contribution in [-0.2, 0) is 21.7 Å². The highest BCUT2D eigenvalue weighted by Crippen LogP contribution is 2.47. The van der Waals surface area contributed by atoms with Crippen LogP contribution in [0.25, 0.3) is 27.5 Å². The lowest BCUT2D eigenvalue weighted by Crippen LogP contribution is -2.61. The van der Waals surface area contributed by atoms with Crippen LogP contribution in [-0.4, -0.2) is 11.3 Å². The van der Waals surface area contributed by atoms with E-state index >= 15 is 0 Å². The largest absolute Gasteiger partial charge is 0.311 e. The number of hydrogen-bond acceptors (Lipinski definition) is 2. The highest BCUT2D eigenvalue weighted by atomic mass is 15.2. The maximum absolute atomic E-state index is 2.57. The van der Waals surface area contributed by atoms with Crippen molar-refractivity contribution in [3.05, 3.63) is 168 Å². The van der Waals surface area contributed by atoms with E-state index in [0.717, 1.165) is 17.1 Å². The van der Waals surface area contributed by atoms with Crippen LogP contribution >= 0.6 is 0 Å². The van der Waals surface area contributed by atoms with E-state index in [-0.39, 0.29) is 28.4 Å². The number of aromatic nitrogens is 1. The molecular formula is C58H60BN3. The van der Waals surface area contributed by atoms with E-state index in [1.54, 1.807) is 0 Å². The van der Waals surface area contributed by atoms with Gasteiger partial charge in [-0.25, -0.2) is 0 Å². The Hall–Kier alpha value is -6.00. The lowest BCUT2D eigenvalue weighted by atomic mass is 9.33. The minimum atomic E-state index is -0.0245. The molecule has 4 heteroatoms. The summed E-state index contributed by atoms with van der Waals surface area (Å²) in [6, 6.07) is 56.1. The van der Waals surface area contributed by atoms with Gasteiger partial charge >= 0.3 is 0 Å². The number of para-hydroxylation sites is 2. The van der Waals surface area contributed by atoms with E-state index < -0.39 is 0 Å². The van der Waals surface area contributed by atoms with Crippen LogP contribution < -0.4 is 26.2 Å². The van der Waals surface area contributed by atoms with Gasteiger partial charge < -0.3 is 14.4 Å². The average Bonchev–Trinajstić information content (AvgIpc) is 3.56. The van der Waals surface area contributed by atoms with Crippen LogP contribution in [0.5, 0.6) is 0 Å². The molecule has 3 nitrogen and oxygen atoms in total. The molecule has 0 amide bonds. The summed E-state index contributed by atoms with van der Waals surface area (Å²) in [5.74, 6) is 0. The van der Waals surface area contributed by atoms with E-state index in [1.165, 1.54) is 83.2 Å². The van der Waals surface area contributed by atoms with Crippen molar-refractivity contribution in [2.75, 3.05) is 9.80 Å². The smallest absolute Gasteiger partial charge is 0.252 e. The number of nitrogens with zero attached hydrogens (tertiary/aromatic N) is 3. The molecular weight excluding hydrogens is 749 g/mol. The highest BCUT2D eigenvalue weighted by Gasteiger charge is 2.45. The number of rotatable bonds is 3. The van der Waals surface area contributed by atoms with Gasteiger partial charge in [-0.3, -0.25) is 0 Å². The maximum Gasteiger partial charge on any atom is 0.252 e. The molecule has 0 N–H and O–H groups in total. The Morgan fingerprint density at radius 3 is 1.06 bits per heavy atom. The molecule has 0 fully saturated rings. The first-order chi connectivity index (χ1) is 29.3. The predicted octanol–water partition coefficient (Wildman–Crippen LogP) is 14.1. The molecule has 0 bridgehead atoms. The SMILES string of the molecule is CC(C)(C)c1ccc(N2c3ccc(C(C)(C)C)cc3B3c4cc(C(C)(C)C)ccc4N(c4ccc(C(C)(C)C)cc4)c4cc(-n5c6ccccc6c6ccccc65)cc2c43)cc1. The topological polar surface area (TPSA) is 11.4 Å². The van der Waals surface area contributed by atoms with Gasteiger partial charge in [-0.2, -0.15) is 0 Å². The van der Waals surface area contributed by atoms with Crippen LogP contribution in [0.15, 0.2) is 146 Å². The third-order valence-corrected chi connectivity index (χ3v) is 13.6. The summed E-state index contributed by atoms with van der Waals surface area (Å²) in [6.07, 6.45) is 0. The molecule has 0 aliphatic carbocycles. The van der Waals surface area contributed by atoms with Crippen molar-refractivity contribution in [1.82, 2.24) is 4.57 Å². The third kappa shape index (κ3) is 6.40. The Bertz CT molecular complexity index is 2850. The molecule has 0 saturated heterocycles. The summed E-state index contributed by atoms with van der Waals surface area (Å²) >= 11 is 0. The molecule has 2 aliphatic rings. The zero-order chi connectivity index (χ0) is 43.7. The van der Waals surface area contributed by atoms with E-state index in [0.29, 0.717) is 0 Å². The minimum Gasteiger partial charge on any atom is -0.311 e. The van der Waals surface area contributed by atoms with Gasteiger partial charge in [0.1, 0.15) is 0 Å². The number of fused-ring (bicyclic) bond motifs is 7. The summed E-state index contributed by atoms with van der Waals surface area (Å²) in [6.45, 7) is 27.9. The van der Waals surface area contributed by atoms with Gasteiger partial charge in [0.2, 0.25) is 0 Å². The molecule has 0 radical (unpaired) electrons. The van der Waals surface area contributed by atoms with Crippen LogP contribution in [0.3, 0.4) is 0 Å². The van der Waals surface area contributed by atoms with Crippen LogP contribution in [0.1, 0.15) is 105 Å². The van der Waals surface area contributed by atoms with Crippen molar-refractivity contribution in [3.8, 4) is 5.69 Å². The minimum absolute atomic E-state index is 0.0111. The van der Waals surface area contributed by atoms with Gasteiger partial charge in [0, 0.05) is 44.9 Å². The standard InChI is InChI=1S/C58H60BN3/c1-55(2,3)37-21-27-41(28-22-37)60-50-31-25-39(57(7,8)9)33-46(50)59-47-34-40(58(10,11)12)26-32-51(47)61(42-29-23-38(24-30-42)56(4,5)6)53-36-43(35-52(60)54(53)59)62-48-19-15-13-17-44(48)45-18-14-16-20-49(45)62/h13-36H,1-12H3. The van der Waals surface area contributed by atoms with E-state index in [4.69, 9.17) is 0 Å². The van der Waals surface area contributed by atoms with Gasteiger partial charge in [0.15, 0.2) is 0 Å². The Kier molecular flexibility index (Phi) is 8.89. The van der Waals surface area contributed by atoms with Crippen molar-refractivity contribution in [2.24, 2.45) is 0 Å². The first kappa shape index (κ1) is 40.1. The van der Waals surface area contributed by atoms with Crippen LogP contribution in [0.4, 0.5) is 34.1 Å². The lowest BCUT2D eigenvalue weighted by Gasteiger charge is -2.45. The fraction of sp³-hybridized carbons (Fsp3) is 0.276. The molecule has 0 spiro atoms. The molecule has 10 rings (SSSR count). The second kappa shape index (κ2) is 13.8. The molecule has 2 aliphatic heterocycles. The predicted molar refractivity (Wildman–Crippen MR) is 270 cm³/mol. The molecule has 0 atom stereocenters. The fourth-order valence-electron chi connectivity index (χ4n) is 10.0. The zero-order valence-electron chi connectivity index (χ0n) is 38.8. The van der Waals surface area contributed by atoms with E-state index in [1.807, 2.05) is 0 Å². The van der Waals surface area contributed by atoms with Gasteiger partial charge in [0.05, 0.1) is 16.7 Å². The van der Waals surface area contributed by atoms with Gasteiger partial charge in [0.25, 0.3) is 6.71 Å². The quantitative estimate of drug-likeness (QED) is 0.165. The third-order valence-electron chi connectivity index (χ3n) is 13.6. The first-order valence-corrected chi connectivity index (χ1v) is 22.6. The molecule has 0 saturated carbocycles. The van der Waals surface area contributed by atoms with Gasteiger partial charge in [-0.05, 0) is 121 Å². The fourth-order valence-corrected chi connectivity index (χ4v) is 10.0. The Balaban J connectivity index is 1.36. The first-order valence-electron chi connectivity index (χ1n) is 22.6. The maximum atomic E-state index is 2.57. The monoisotopic (exact) mass is 809 g/mol. The summed E-state index contributed by atoms with van der Waals surface area (Å²) < 4.78 is 2.49. The molecule has 8 aromatic rings. The Labute approximate surface area is 370 Å². The molecule has 1 aromatic heterocycles. The molecule has 0 unspecified atom stereocenters. The molecule has 3 heterocycles. The summed E-state index contributed by atoms with van der Waals surface area (Å²) in [5, 5.41) is 2.52. The highest BCUT2D eigenvalue weighted by molar-refractivity contribution is 7.00. The molecule has 310 valence electrons. The van der Waals surface area contributed by atoms with Crippen molar-refractivity contribution < 1.29 is 0 Å². The summed E-state index contributed by atoms with van der Waals surface area (Å²) in [5.41, 5.74) is 20.2. The second-order valence-corrected chi connectivity index (χ2v) is 22.0. The normalized spacial score (nSPS) is 14.0. The van der Waals surface area contributed by atoms with E-state index in [2.05, 4.69) is 243 Å². The molecule has 62 heavy (non-hydrogen) atoms. The zero-order valence-corrected chi connectivity index (χ0v) is 38.8. The van der Waals surface area contributed by atoms with Crippen molar-refractivity contribution >= 4 is 79.0 Å². The van der Waals surface area contributed by atoms with Gasteiger partial charge in [-0.1, -0.05) is 168 Å². The summed E-state index contributed by atoms with van der Waals surface area (Å²) in [7, 11) is 0. The molecule has 7 aromatic carbocycles. The van der Waals surface area contributed by atoms with Crippen molar-refractivity contribution in [3.63, 3.8) is 0 Å². The van der Waals surface area contributed by atoms with E-state index in [9.17, 15) is 0 Å².